The smallest absolute Gasteiger partial charge is 0.292 e. The SMILES string of the molecule is Cc1ccc(N2C(=O)[C@H]3N=NN(CC(=O)Nc4ccccc4[N+](=O)[O-])[C@H]3C2=O)cc1. The van der Waals surface area contributed by atoms with Gasteiger partial charge in [-0.25, -0.2) is 4.90 Å². The van der Waals surface area contributed by atoms with Crippen LogP contribution in [0.25, 0.3) is 0 Å². The lowest BCUT2D eigenvalue weighted by molar-refractivity contribution is -0.383. The van der Waals surface area contributed by atoms with Crippen LogP contribution in [0.15, 0.2) is 58.9 Å². The van der Waals surface area contributed by atoms with Gasteiger partial charge in [0.1, 0.15) is 12.2 Å². The zero-order valence-corrected chi connectivity index (χ0v) is 15.8. The van der Waals surface area contributed by atoms with E-state index in [1.807, 2.05) is 6.92 Å². The van der Waals surface area contributed by atoms with Crippen LogP contribution < -0.4 is 10.2 Å². The first-order valence-corrected chi connectivity index (χ1v) is 9.02. The van der Waals surface area contributed by atoms with Crippen molar-refractivity contribution in [3.8, 4) is 0 Å². The van der Waals surface area contributed by atoms with Crippen molar-refractivity contribution in [3.05, 3.63) is 64.2 Å². The van der Waals surface area contributed by atoms with Crippen molar-refractivity contribution >= 4 is 34.8 Å². The molecule has 2 aliphatic rings. The lowest BCUT2D eigenvalue weighted by Gasteiger charge is -2.20. The number of carbonyl (C=O) groups excluding carboxylic acids is 3. The predicted octanol–water partition coefficient (Wildman–Crippen LogP) is 1.84. The van der Waals surface area contributed by atoms with E-state index >= 15 is 0 Å². The number of nitro groups is 1. The number of nitro benzene ring substituents is 1. The molecule has 2 aliphatic heterocycles. The molecule has 2 aromatic carbocycles. The van der Waals surface area contributed by atoms with Crippen LogP contribution in [0.4, 0.5) is 17.1 Å². The molecule has 4 rings (SSSR count). The van der Waals surface area contributed by atoms with Crippen molar-refractivity contribution in [2.24, 2.45) is 10.3 Å². The topological polar surface area (TPSA) is 138 Å². The summed E-state index contributed by atoms with van der Waals surface area (Å²) in [4.78, 5) is 49.5. The van der Waals surface area contributed by atoms with Gasteiger partial charge < -0.3 is 5.32 Å². The molecular formula is C19H16N6O5. The first kappa shape index (κ1) is 19.2. The van der Waals surface area contributed by atoms with Crippen LogP contribution >= 0.6 is 0 Å². The highest BCUT2D eigenvalue weighted by atomic mass is 16.6. The third-order valence-corrected chi connectivity index (χ3v) is 4.83. The van der Waals surface area contributed by atoms with Crippen molar-refractivity contribution in [3.63, 3.8) is 0 Å². The summed E-state index contributed by atoms with van der Waals surface area (Å²) in [6.07, 6.45) is 0. The van der Waals surface area contributed by atoms with Crippen LogP contribution in [0.2, 0.25) is 0 Å². The van der Waals surface area contributed by atoms with Gasteiger partial charge in [0, 0.05) is 6.07 Å². The molecule has 2 aromatic rings. The van der Waals surface area contributed by atoms with Crippen molar-refractivity contribution in [1.29, 1.82) is 0 Å². The summed E-state index contributed by atoms with van der Waals surface area (Å²) in [6, 6.07) is 10.5. The molecule has 2 atom stereocenters. The average molecular weight is 408 g/mol. The van der Waals surface area contributed by atoms with Crippen LogP contribution in [0.5, 0.6) is 0 Å². The van der Waals surface area contributed by atoms with E-state index in [-0.39, 0.29) is 11.4 Å². The largest absolute Gasteiger partial charge is 0.319 e. The Morgan fingerprint density at radius 2 is 1.83 bits per heavy atom. The quantitative estimate of drug-likeness (QED) is 0.455. The van der Waals surface area contributed by atoms with Crippen LogP contribution in [-0.4, -0.2) is 46.3 Å². The molecule has 0 spiro atoms. The fourth-order valence-corrected chi connectivity index (χ4v) is 3.38. The number of hydrogen-bond donors (Lipinski definition) is 1. The van der Waals surface area contributed by atoms with Crippen LogP contribution in [0, 0.1) is 17.0 Å². The summed E-state index contributed by atoms with van der Waals surface area (Å²) in [6.45, 7) is 1.50. The summed E-state index contributed by atoms with van der Waals surface area (Å²) in [5.74, 6) is -1.67. The Balaban J connectivity index is 1.50. The second-order valence-electron chi connectivity index (χ2n) is 6.86. The minimum Gasteiger partial charge on any atom is -0.319 e. The zero-order valence-electron chi connectivity index (χ0n) is 15.8. The summed E-state index contributed by atoms with van der Waals surface area (Å²) >= 11 is 0. The number of benzene rings is 2. The van der Waals surface area contributed by atoms with Crippen molar-refractivity contribution in [1.82, 2.24) is 5.01 Å². The summed E-state index contributed by atoms with van der Waals surface area (Å²) in [7, 11) is 0. The lowest BCUT2D eigenvalue weighted by atomic mass is 10.1. The highest BCUT2D eigenvalue weighted by molar-refractivity contribution is 6.25. The number of imide groups is 1. The zero-order chi connectivity index (χ0) is 21.4. The second-order valence-corrected chi connectivity index (χ2v) is 6.86. The number of amides is 3. The number of aryl methyl sites for hydroxylation is 1. The van der Waals surface area contributed by atoms with Crippen LogP contribution in [0.1, 0.15) is 5.56 Å². The van der Waals surface area contributed by atoms with Gasteiger partial charge in [0.2, 0.25) is 5.91 Å². The lowest BCUT2D eigenvalue weighted by Crippen LogP contribution is -2.43. The van der Waals surface area contributed by atoms with Gasteiger partial charge in [-0.3, -0.25) is 29.5 Å². The molecule has 30 heavy (non-hydrogen) atoms. The number of nitrogens with one attached hydrogen (secondary N) is 1. The van der Waals surface area contributed by atoms with E-state index in [9.17, 15) is 24.5 Å². The second kappa shape index (κ2) is 7.35. The van der Waals surface area contributed by atoms with Gasteiger partial charge >= 0.3 is 0 Å². The minimum atomic E-state index is -1.03. The fraction of sp³-hybridized carbons (Fsp3) is 0.211. The monoisotopic (exact) mass is 408 g/mol. The molecular weight excluding hydrogens is 392 g/mol. The molecule has 3 amide bonds. The number of nitrogens with zero attached hydrogens (tertiary/aromatic N) is 5. The van der Waals surface area contributed by atoms with Gasteiger partial charge in [0.25, 0.3) is 17.5 Å². The third kappa shape index (κ3) is 3.26. The number of rotatable bonds is 5. The molecule has 0 radical (unpaired) electrons. The average Bonchev–Trinajstić information content (AvgIpc) is 3.23. The van der Waals surface area contributed by atoms with E-state index in [0.717, 1.165) is 15.5 Å². The van der Waals surface area contributed by atoms with Crippen molar-refractivity contribution < 1.29 is 19.3 Å². The van der Waals surface area contributed by atoms with Gasteiger partial charge in [0.05, 0.1) is 10.6 Å². The van der Waals surface area contributed by atoms with Gasteiger partial charge in [-0.1, -0.05) is 35.1 Å². The van der Waals surface area contributed by atoms with E-state index in [1.54, 1.807) is 30.3 Å². The van der Waals surface area contributed by atoms with E-state index in [4.69, 9.17) is 0 Å². The molecule has 1 fully saturated rings. The van der Waals surface area contributed by atoms with Crippen molar-refractivity contribution in [2.75, 3.05) is 16.8 Å². The highest BCUT2D eigenvalue weighted by Gasteiger charge is 2.55. The van der Waals surface area contributed by atoms with Crippen molar-refractivity contribution in [2.45, 2.75) is 19.0 Å². The van der Waals surface area contributed by atoms with Gasteiger partial charge in [-0.15, -0.1) is 0 Å². The number of para-hydroxylation sites is 2. The highest BCUT2D eigenvalue weighted by Crippen LogP contribution is 2.32. The maximum atomic E-state index is 12.9. The van der Waals surface area contributed by atoms with E-state index in [2.05, 4.69) is 15.7 Å². The number of fused-ring (bicyclic) bond motifs is 1. The Hall–Kier alpha value is -4.15. The molecule has 1 N–H and O–H groups in total. The minimum absolute atomic E-state index is 0.0234. The Labute approximate surface area is 170 Å². The molecule has 11 nitrogen and oxygen atoms in total. The molecule has 1 saturated heterocycles. The van der Waals surface area contributed by atoms with E-state index in [0.29, 0.717) is 5.69 Å². The van der Waals surface area contributed by atoms with E-state index < -0.39 is 41.3 Å². The predicted molar refractivity (Wildman–Crippen MR) is 105 cm³/mol. The Morgan fingerprint density at radius 3 is 2.53 bits per heavy atom. The molecule has 0 aliphatic carbocycles. The summed E-state index contributed by atoms with van der Waals surface area (Å²) < 4.78 is 0. The van der Waals surface area contributed by atoms with E-state index in [1.165, 1.54) is 18.2 Å². The molecule has 0 unspecified atom stereocenters. The summed E-state index contributed by atoms with van der Waals surface area (Å²) in [5, 5.41) is 22.3. The first-order valence-electron chi connectivity index (χ1n) is 9.02. The fourth-order valence-electron chi connectivity index (χ4n) is 3.38. The first-order chi connectivity index (χ1) is 14.4. The standard InChI is InChI=1S/C19H16N6O5/c1-11-6-8-12(9-7-11)24-18(27)16-17(19(24)28)23(22-21-16)10-15(26)20-13-4-2-3-5-14(13)25(29)30/h2-9,16-17H,10H2,1H3,(H,20,26)/t16-,17+/m0/s1. The van der Waals surface area contributed by atoms with Crippen LogP contribution in [-0.2, 0) is 14.4 Å². The van der Waals surface area contributed by atoms with Gasteiger partial charge in [0.15, 0.2) is 12.1 Å². The maximum absolute atomic E-state index is 12.9. The normalized spacial score (nSPS) is 19.9. The molecule has 0 bridgehead atoms. The number of anilines is 2. The van der Waals surface area contributed by atoms with Crippen LogP contribution in [0.3, 0.4) is 0 Å². The molecule has 0 aromatic heterocycles. The summed E-state index contributed by atoms with van der Waals surface area (Å²) in [5.41, 5.74) is 1.16. The third-order valence-electron chi connectivity index (χ3n) is 4.83. The van der Waals surface area contributed by atoms with Gasteiger partial charge in [-0.05, 0) is 25.1 Å². The molecule has 0 saturated carbocycles. The molecule has 152 valence electrons. The molecule has 11 heteroatoms. The Morgan fingerprint density at radius 1 is 1.13 bits per heavy atom. The van der Waals surface area contributed by atoms with Gasteiger partial charge in [-0.2, -0.15) is 5.11 Å². The molecule has 2 heterocycles. The Kier molecular flexibility index (Phi) is 4.70. The maximum Gasteiger partial charge on any atom is 0.292 e. The number of carbonyl (C=O) groups is 3. The number of hydrogen-bond acceptors (Lipinski definition) is 8. The Bertz CT molecular complexity index is 1080.